The molecule has 3 atom stereocenters. The molecular formula is C26H29Cl2N3O6. The number of carboxylic acid groups (broad SMARTS) is 2. The lowest BCUT2D eigenvalue weighted by atomic mass is 9.65. The van der Waals surface area contributed by atoms with Gasteiger partial charge in [-0.1, -0.05) is 55.2 Å². The van der Waals surface area contributed by atoms with E-state index in [1.165, 1.54) is 0 Å². The van der Waals surface area contributed by atoms with E-state index in [2.05, 4.69) is 16.0 Å². The van der Waals surface area contributed by atoms with Crippen molar-refractivity contribution in [3.05, 3.63) is 58.1 Å². The number of hydrogen-bond acceptors (Lipinski definition) is 4. The van der Waals surface area contributed by atoms with Crippen LogP contribution in [0.5, 0.6) is 0 Å². The molecular weight excluding hydrogens is 521 g/mol. The van der Waals surface area contributed by atoms with Crippen molar-refractivity contribution < 1.29 is 29.4 Å². The van der Waals surface area contributed by atoms with Gasteiger partial charge in [0, 0.05) is 18.0 Å². The van der Waals surface area contributed by atoms with Crippen molar-refractivity contribution in [3.8, 4) is 0 Å². The molecule has 0 heterocycles. The van der Waals surface area contributed by atoms with E-state index >= 15 is 0 Å². The summed E-state index contributed by atoms with van der Waals surface area (Å²) in [6.45, 7) is 5.08. The number of nitrogens with one attached hydrogen (secondary N) is 3. The van der Waals surface area contributed by atoms with Crippen LogP contribution in [-0.2, 0) is 20.8 Å². The Hall–Kier alpha value is -3.30. The van der Waals surface area contributed by atoms with Gasteiger partial charge < -0.3 is 26.2 Å². The van der Waals surface area contributed by atoms with Crippen LogP contribution in [0.3, 0.4) is 0 Å². The topological polar surface area (TPSA) is 145 Å². The van der Waals surface area contributed by atoms with Crippen LogP contribution in [0, 0.1) is 16.7 Å². The predicted molar refractivity (Wildman–Crippen MR) is 141 cm³/mol. The average Bonchev–Trinajstić information content (AvgIpc) is 3.07. The van der Waals surface area contributed by atoms with E-state index < -0.39 is 46.7 Å². The molecule has 1 saturated carbocycles. The molecule has 0 radical (unpaired) electrons. The maximum Gasteiger partial charge on any atom is 0.326 e. The molecule has 1 unspecified atom stereocenters. The number of anilines is 2. The maximum absolute atomic E-state index is 13.0. The fourth-order valence-electron chi connectivity index (χ4n) is 4.67. The molecule has 2 aromatic carbocycles. The van der Waals surface area contributed by atoms with Gasteiger partial charge in [-0.25, -0.2) is 9.59 Å². The number of para-hydroxylation sites is 1. The monoisotopic (exact) mass is 549 g/mol. The predicted octanol–water partition coefficient (Wildman–Crippen LogP) is 5.28. The van der Waals surface area contributed by atoms with Crippen LogP contribution in [0.15, 0.2) is 42.5 Å². The van der Waals surface area contributed by atoms with Gasteiger partial charge in [0.1, 0.15) is 6.04 Å². The van der Waals surface area contributed by atoms with Gasteiger partial charge in [-0.15, -0.1) is 0 Å². The van der Waals surface area contributed by atoms with Crippen molar-refractivity contribution >= 4 is 58.5 Å². The lowest BCUT2D eigenvalue weighted by Crippen LogP contribution is -2.49. The van der Waals surface area contributed by atoms with Crippen LogP contribution >= 0.6 is 23.2 Å². The van der Waals surface area contributed by atoms with Crippen molar-refractivity contribution in [2.75, 3.05) is 10.6 Å². The first-order valence-electron chi connectivity index (χ1n) is 11.6. The zero-order valence-corrected chi connectivity index (χ0v) is 22.1. The first kappa shape index (κ1) is 28.3. The number of amides is 3. The van der Waals surface area contributed by atoms with E-state index in [4.69, 9.17) is 23.2 Å². The zero-order chi connectivity index (χ0) is 27.5. The quantitative estimate of drug-likeness (QED) is 0.303. The van der Waals surface area contributed by atoms with E-state index in [1.54, 1.807) is 63.2 Å². The van der Waals surface area contributed by atoms with Crippen LogP contribution < -0.4 is 16.0 Å². The Morgan fingerprint density at radius 2 is 1.57 bits per heavy atom. The number of halogens is 2. The summed E-state index contributed by atoms with van der Waals surface area (Å²) in [4.78, 5) is 49.1. The van der Waals surface area contributed by atoms with Crippen LogP contribution in [-0.4, -0.2) is 40.1 Å². The van der Waals surface area contributed by atoms with Crippen LogP contribution in [0.4, 0.5) is 16.2 Å². The summed E-state index contributed by atoms with van der Waals surface area (Å²) in [6.07, 6.45) is 0.692. The lowest BCUT2D eigenvalue weighted by Gasteiger charge is -2.38. The molecule has 3 amide bonds. The van der Waals surface area contributed by atoms with Gasteiger partial charge in [-0.2, -0.15) is 0 Å². The third-order valence-electron chi connectivity index (χ3n) is 7.48. The van der Waals surface area contributed by atoms with Gasteiger partial charge in [0.15, 0.2) is 0 Å². The summed E-state index contributed by atoms with van der Waals surface area (Å²) < 4.78 is 0. The molecule has 0 bridgehead atoms. The van der Waals surface area contributed by atoms with E-state index in [1.807, 2.05) is 0 Å². The number of aliphatic carboxylic acids is 2. The minimum Gasteiger partial charge on any atom is -0.481 e. The highest BCUT2D eigenvalue weighted by Crippen LogP contribution is 2.56. The van der Waals surface area contributed by atoms with Gasteiger partial charge in [-0.05, 0) is 55.0 Å². The van der Waals surface area contributed by atoms with Crippen molar-refractivity contribution in [3.63, 3.8) is 0 Å². The highest BCUT2D eigenvalue weighted by atomic mass is 35.5. The number of urea groups is 1. The van der Waals surface area contributed by atoms with Gasteiger partial charge in [0.2, 0.25) is 5.91 Å². The van der Waals surface area contributed by atoms with Crippen molar-refractivity contribution in [1.82, 2.24) is 5.32 Å². The Morgan fingerprint density at radius 1 is 0.973 bits per heavy atom. The molecule has 1 aliphatic rings. The number of carboxylic acids is 2. The zero-order valence-electron chi connectivity index (χ0n) is 20.6. The number of carbonyl (C=O) groups is 4. The third-order valence-corrected chi connectivity index (χ3v) is 8.11. The molecule has 0 aromatic heterocycles. The average molecular weight is 550 g/mol. The first-order chi connectivity index (χ1) is 17.3. The van der Waals surface area contributed by atoms with E-state index in [9.17, 15) is 29.4 Å². The normalized spacial score (nSPS) is 21.1. The Bertz CT molecular complexity index is 1200. The number of rotatable bonds is 8. The minimum atomic E-state index is -1.21. The van der Waals surface area contributed by atoms with Gasteiger partial charge >= 0.3 is 18.0 Å². The fraction of sp³-hybridized carbons (Fsp3) is 0.385. The van der Waals surface area contributed by atoms with Gasteiger partial charge in [-0.3, -0.25) is 9.59 Å². The Labute approximate surface area is 224 Å². The number of carbonyl (C=O) groups excluding carboxylic acids is 2. The van der Waals surface area contributed by atoms with Gasteiger partial charge in [0.05, 0.1) is 21.1 Å². The molecule has 0 saturated heterocycles. The molecule has 11 heteroatoms. The van der Waals surface area contributed by atoms with E-state index in [0.717, 1.165) is 0 Å². The summed E-state index contributed by atoms with van der Waals surface area (Å²) in [5.74, 6) is -3.29. The molecule has 3 rings (SSSR count). The Kier molecular flexibility index (Phi) is 8.39. The third kappa shape index (κ3) is 5.99. The summed E-state index contributed by atoms with van der Waals surface area (Å²) in [6, 6.07) is 9.55. The highest BCUT2D eigenvalue weighted by molar-refractivity contribution is 6.39. The molecule has 1 aliphatic carbocycles. The molecule has 5 N–H and O–H groups in total. The summed E-state index contributed by atoms with van der Waals surface area (Å²) >= 11 is 12.1. The molecule has 198 valence electrons. The van der Waals surface area contributed by atoms with E-state index in [-0.39, 0.29) is 22.2 Å². The van der Waals surface area contributed by atoms with Crippen molar-refractivity contribution in [1.29, 1.82) is 0 Å². The Morgan fingerprint density at radius 3 is 2.08 bits per heavy atom. The van der Waals surface area contributed by atoms with Crippen LogP contribution in [0.1, 0.15) is 39.2 Å². The van der Waals surface area contributed by atoms with Crippen LogP contribution in [0.25, 0.3) is 0 Å². The van der Waals surface area contributed by atoms with Crippen LogP contribution in [0.2, 0.25) is 10.0 Å². The molecule has 9 nitrogen and oxygen atoms in total. The summed E-state index contributed by atoms with van der Waals surface area (Å²) in [5, 5.41) is 27.8. The van der Waals surface area contributed by atoms with Crippen molar-refractivity contribution in [2.24, 2.45) is 16.7 Å². The fourth-order valence-corrected chi connectivity index (χ4v) is 5.16. The molecule has 0 spiro atoms. The number of benzene rings is 2. The SMILES string of the molecule is CC1(C)[C@@H](C(=O)NC(Cc2ccc(NC(=O)Nc3c(Cl)cccc3Cl)cc2)C(=O)O)CC[C@@]1(C)C(=O)O. The Balaban J connectivity index is 1.63. The molecule has 2 aromatic rings. The summed E-state index contributed by atoms with van der Waals surface area (Å²) in [7, 11) is 0. The molecule has 1 fully saturated rings. The second kappa shape index (κ2) is 11.0. The maximum atomic E-state index is 13.0. The van der Waals surface area contributed by atoms with Crippen molar-refractivity contribution in [2.45, 2.75) is 46.1 Å². The van der Waals surface area contributed by atoms with E-state index in [0.29, 0.717) is 24.1 Å². The second-order valence-corrected chi connectivity index (χ2v) is 10.7. The minimum absolute atomic E-state index is 0.00608. The number of hydrogen-bond donors (Lipinski definition) is 5. The summed E-state index contributed by atoms with van der Waals surface area (Å²) in [5.41, 5.74) is -0.599. The smallest absolute Gasteiger partial charge is 0.326 e. The van der Waals surface area contributed by atoms with Gasteiger partial charge in [0.25, 0.3) is 0 Å². The second-order valence-electron chi connectivity index (χ2n) is 9.93. The first-order valence-corrected chi connectivity index (χ1v) is 12.4. The molecule has 37 heavy (non-hydrogen) atoms. The molecule has 0 aliphatic heterocycles. The largest absolute Gasteiger partial charge is 0.481 e. The highest BCUT2D eigenvalue weighted by Gasteiger charge is 2.58. The lowest BCUT2D eigenvalue weighted by molar-refractivity contribution is -0.155. The standard InChI is InChI=1S/C26H29Cl2N3O6/c1-25(2)16(11-12-26(25,3)23(35)36)21(32)30-19(22(33)34)13-14-7-9-15(10-8-14)29-24(37)31-20-17(27)5-4-6-18(20)28/h4-10,16,19H,11-13H2,1-3H3,(H,30,32)(H,33,34)(H,35,36)(H2,29,31,37)/t16-,19?,26+/m1/s1.